The Kier molecular flexibility index (Phi) is 19.8. The zero-order valence-electron chi connectivity index (χ0n) is 62.9. The van der Waals surface area contributed by atoms with Crippen molar-refractivity contribution in [2.24, 2.45) is 27.0 Å². The standard InChI is InChI=1S/C39H32N6O7.C26H28N2O2.C23H22N2O2/c1-5-50-29-18-28-31(19-27(29)45-39(49)24-14-10-7-11-15-24)52-37-32(40-21(3)46)34-36(33(35(37)43-28)41-22(4)47)51-30-17-25(20(2)16-26(30)42-34)44-38(48)23-12-8-6-9-13-23;1-25(2,3)17-11-7-15(8-12-17)21-19-20(24(30)27-21)22(28-23(19)29)16-9-13-18(14-10-16)26(4,5)6;1-23(2,3)16-12-10-14(11-13-16)19-17-18(21(26)24-19)20(25(4)22(17)27)15-8-6-5-7-9-15/h6-19H,5H2,1-4H3,(H,40,46)(H,41,47)(H,44,48)(H,45,49);7-14,27,30H,1-6H3;5-13,27H,1-4H3. The van der Waals surface area contributed by atoms with Crippen LogP contribution in [0.4, 0.5) is 34.1 Å². The Morgan fingerprint density at radius 3 is 1.35 bits per heavy atom. The van der Waals surface area contributed by atoms with Crippen LogP contribution in [0.1, 0.15) is 169 Å². The van der Waals surface area contributed by atoms with Crippen molar-refractivity contribution in [3.8, 4) is 63.0 Å². The minimum absolute atomic E-state index is 0.0237. The topological polar surface area (TPSA) is 289 Å². The fraction of sp³-hybridized carbons (Fsp3) is 0.205. The predicted molar refractivity (Wildman–Crippen MR) is 424 cm³/mol. The molecule has 109 heavy (non-hydrogen) atoms. The number of aliphatic imine (C=N–C) groups is 2. The number of aryl methyl sites for hydroxylation is 1. The van der Waals surface area contributed by atoms with Crippen LogP contribution in [0.3, 0.4) is 0 Å². The first-order chi connectivity index (χ1) is 51.8. The zero-order valence-corrected chi connectivity index (χ0v) is 62.9. The van der Waals surface area contributed by atoms with E-state index in [1.54, 1.807) is 84.4 Å². The Morgan fingerprint density at radius 2 is 0.899 bits per heavy atom. The van der Waals surface area contributed by atoms with Crippen molar-refractivity contribution in [2.45, 2.75) is 106 Å². The van der Waals surface area contributed by atoms with Crippen molar-refractivity contribution in [2.75, 3.05) is 27.9 Å². The number of anilines is 4. The summed E-state index contributed by atoms with van der Waals surface area (Å²) in [6, 6.07) is 57.9. The van der Waals surface area contributed by atoms with Crippen LogP contribution in [0.15, 0.2) is 208 Å². The Morgan fingerprint density at radius 1 is 0.486 bits per heavy atom. The number of benzene rings is 9. The van der Waals surface area contributed by atoms with Gasteiger partial charge in [-0.15, -0.1) is 0 Å². The van der Waals surface area contributed by atoms with Gasteiger partial charge in [-0.25, -0.2) is 20.0 Å². The van der Waals surface area contributed by atoms with Crippen LogP contribution in [-0.2, 0) is 32.9 Å². The van der Waals surface area contributed by atoms with Crippen molar-refractivity contribution in [3.05, 3.63) is 266 Å². The van der Waals surface area contributed by atoms with E-state index in [4.69, 9.17) is 24.2 Å². The van der Waals surface area contributed by atoms with Gasteiger partial charge in [-0.1, -0.05) is 202 Å². The summed E-state index contributed by atoms with van der Waals surface area (Å²) in [7, 11) is 1.77. The van der Waals surface area contributed by atoms with Crippen molar-refractivity contribution < 1.29 is 53.2 Å². The normalized spacial score (nSPS) is 12.8. The fourth-order valence-corrected chi connectivity index (χ4v) is 13.2. The second-order valence-corrected chi connectivity index (χ2v) is 29.9. The van der Waals surface area contributed by atoms with E-state index in [0.717, 1.165) is 22.3 Å². The summed E-state index contributed by atoms with van der Waals surface area (Å²) in [6.07, 6.45) is 0. The fourth-order valence-electron chi connectivity index (χ4n) is 13.2. The van der Waals surface area contributed by atoms with E-state index in [2.05, 4.69) is 135 Å². The van der Waals surface area contributed by atoms with Crippen molar-refractivity contribution >= 4 is 81.0 Å². The number of carbonyl (C=O) groups excluding carboxylic acids is 6. The molecule has 4 aliphatic heterocycles. The average molecular weight is 1460 g/mol. The number of nitrogens with one attached hydrogen (secondary N) is 5. The Labute approximate surface area is 630 Å². The van der Waals surface area contributed by atoms with Gasteiger partial charge in [0, 0.05) is 67.0 Å². The number of aromatic hydroxyl groups is 2. The smallest absolute Gasteiger partial charge is 0.280 e. The molecule has 2 aromatic heterocycles. The summed E-state index contributed by atoms with van der Waals surface area (Å²) in [5, 5.41) is 33.2. The molecule has 11 aromatic rings. The number of hydrogen-bond donors (Lipinski definition) is 7. The van der Waals surface area contributed by atoms with Crippen LogP contribution >= 0.6 is 0 Å². The van der Waals surface area contributed by atoms with Crippen LogP contribution in [0.5, 0.6) is 40.5 Å². The molecule has 4 aliphatic rings. The molecule has 0 fully saturated rings. The lowest BCUT2D eigenvalue weighted by Gasteiger charge is -2.25. The van der Waals surface area contributed by atoms with Crippen LogP contribution < -0.4 is 46.2 Å². The number of hydrogen-bond acceptors (Lipinski definition) is 13. The molecule has 0 radical (unpaired) electrons. The van der Waals surface area contributed by atoms with Crippen LogP contribution in [0.2, 0.25) is 0 Å². The number of amides is 6. The number of H-pyrrole nitrogens is 1. The number of ether oxygens (including phenoxy) is 3. The van der Waals surface area contributed by atoms with Gasteiger partial charge in [0.25, 0.3) is 23.6 Å². The molecule has 0 aliphatic carbocycles. The molecular formula is C88H82N10O11. The lowest BCUT2D eigenvalue weighted by molar-refractivity contribution is -0.115. The predicted octanol–water partition coefficient (Wildman–Crippen LogP) is 17.6. The largest absolute Gasteiger partial charge is 0.494 e. The van der Waals surface area contributed by atoms with Crippen molar-refractivity contribution in [3.63, 3.8) is 0 Å². The van der Waals surface area contributed by atoms with E-state index >= 15 is 0 Å². The van der Waals surface area contributed by atoms with Crippen LogP contribution in [0.25, 0.3) is 22.5 Å². The molecule has 6 amide bonds. The van der Waals surface area contributed by atoms with Gasteiger partial charge in [0.15, 0.2) is 28.9 Å². The zero-order chi connectivity index (χ0) is 77.7. The lowest BCUT2D eigenvalue weighted by atomic mass is 9.86. The summed E-state index contributed by atoms with van der Waals surface area (Å²) in [5.74, 6) is -1.06. The van der Waals surface area contributed by atoms with Gasteiger partial charge in [-0.05, 0) is 93.8 Å². The first-order valence-electron chi connectivity index (χ1n) is 35.6. The third-order valence-corrected chi connectivity index (χ3v) is 18.9. The highest BCUT2D eigenvalue weighted by Gasteiger charge is 2.38. The van der Waals surface area contributed by atoms with E-state index in [0.29, 0.717) is 96.9 Å². The molecule has 0 unspecified atom stereocenters. The van der Waals surface area contributed by atoms with Crippen LogP contribution in [0, 0.1) is 6.92 Å². The molecule has 6 heterocycles. The summed E-state index contributed by atoms with van der Waals surface area (Å²) >= 11 is 0. The quantitative estimate of drug-likeness (QED) is 0.0564. The second-order valence-electron chi connectivity index (χ2n) is 29.9. The number of rotatable bonds is 12. The molecule has 0 saturated carbocycles. The molecule has 550 valence electrons. The lowest BCUT2D eigenvalue weighted by Crippen LogP contribution is -2.29. The third kappa shape index (κ3) is 14.9. The summed E-state index contributed by atoms with van der Waals surface area (Å²) in [4.78, 5) is 98.2. The molecule has 9 aromatic carbocycles. The van der Waals surface area contributed by atoms with E-state index in [1.807, 2.05) is 92.7 Å². The first-order valence-corrected chi connectivity index (χ1v) is 35.6. The maximum atomic E-state index is 13.1. The number of aromatic nitrogens is 2. The highest BCUT2D eigenvalue weighted by molar-refractivity contribution is 6.31. The van der Waals surface area contributed by atoms with Crippen LogP contribution in [-0.4, -0.2) is 73.2 Å². The summed E-state index contributed by atoms with van der Waals surface area (Å²) in [6.45, 7) is 26.0. The van der Waals surface area contributed by atoms with Gasteiger partial charge in [0.1, 0.15) is 39.2 Å². The first kappa shape index (κ1) is 74.0. The van der Waals surface area contributed by atoms with Crippen molar-refractivity contribution in [1.29, 1.82) is 0 Å². The number of carbonyl (C=O) groups is 6. The number of fused-ring (bicyclic) bond motifs is 6. The van der Waals surface area contributed by atoms with Gasteiger partial charge >= 0.3 is 0 Å². The molecule has 0 saturated heterocycles. The Bertz CT molecular complexity index is 5720. The molecule has 0 bridgehead atoms. The van der Waals surface area contributed by atoms with Crippen molar-refractivity contribution in [1.82, 2.24) is 9.55 Å². The van der Waals surface area contributed by atoms with E-state index < -0.39 is 11.8 Å². The molecule has 15 rings (SSSR count). The maximum Gasteiger partial charge on any atom is 0.280 e. The highest BCUT2D eigenvalue weighted by Crippen LogP contribution is 2.48. The molecule has 21 heteroatoms. The average Bonchev–Trinajstić information content (AvgIpc) is 1.57. The molecule has 7 N–H and O–H groups in total. The summed E-state index contributed by atoms with van der Waals surface area (Å²) in [5.41, 5.74) is 14.9. The SMILES string of the molecule is CC(C)(C)c1ccc(C2=NC(=O)c3c(-c4ccc(C(C)(C)C)cc4)[nH]c(O)c32)cc1.CCOc1cc2c(cc1NC(=O)c1ccccc1)Oc1c(NC(C)=O)c3c(c(NC(C)=O)c1=N2)Oc1cc(NC(=O)c2ccccc2)c(C)cc1N=3.Cn1c(O)c2c(c1-c1ccccc1)C(=O)N=C2c1ccc(C(C)(C)C)cc1. The second kappa shape index (κ2) is 29.2. The Hall–Kier alpha value is -13.3. The third-order valence-electron chi connectivity index (χ3n) is 18.9. The van der Waals surface area contributed by atoms with E-state index in [-0.39, 0.29) is 96.7 Å². The molecule has 0 atom stereocenters. The van der Waals surface area contributed by atoms with Gasteiger partial charge in [-0.2, -0.15) is 0 Å². The minimum Gasteiger partial charge on any atom is -0.494 e. The van der Waals surface area contributed by atoms with E-state index in [9.17, 15) is 39.0 Å². The van der Waals surface area contributed by atoms with E-state index in [1.165, 1.54) is 30.5 Å². The number of aromatic amines is 1. The molecular weight excluding hydrogens is 1370 g/mol. The summed E-state index contributed by atoms with van der Waals surface area (Å²) < 4.78 is 20.4. The Balaban J connectivity index is 0.000000156. The maximum absolute atomic E-state index is 13.1. The van der Waals surface area contributed by atoms with Gasteiger partial charge in [-0.3, -0.25) is 28.8 Å². The molecule has 21 nitrogen and oxygen atoms in total. The monoisotopic (exact) mass is 1450 g/mol. The number of nitrogens with zero attached hydrogens (tertiary/aromatic N) is 5. The van der Waals surface area contributed by atoms with Gasteiger partial charge in [0.2, 0.25) is 17.7 Å². The minimum atomic E-state index is -0.430. The molecule has 0 spiro atoms. The van der Waals surface area contributed by atoms with Gasteiger partial charge < -0.3 is 55.2 Å². The highest BCUT2D eigenvalue weighted by atomic mass is 16.5. The van der Waals surface area contributed by atoms with Gasteiger partial charge in [0.05, 0.1) is 57.4 Å².